The number of hydrogen-bond donors (Lipinski definition) is 0. The van der Waals surface area contributed by atoms with E-state index in [0.29, 0.717) is 11.3 Å². The fourth-order valence-electron chi connectivity index (χ4n) is 2.30. The van der Waals surface area contributed by atoms with Crippen LogP contribution in [-0.2, 0) is 0 Å². The van der Waals surface area contributed by atoms with Crippen molar-refractivity contribution in [3.05, 3.63) is 53.0 Å². The molecular formula is C17H10N2O2S. The molecule has 1 aromatic heterocycles. The molecule has 5 heteroatoms. The average Bonchev–Trinajstić information content (AvgIpc) is 3.18. The molecule has 4 nitrogen and oxygen atoms in total. The number of nitrogens with zero attached hydrogens (tertiary/aromatic N) is 2. The second-order valence-corrected chi connectivity index (χ2v) is 5.80. The van der Waals surface area contributed by atoms with Crippen LogP contribution in [0.25, 0.3) is 21.9 Å². The van der Waals surface area contributed by atoms with Crippen molar-refractivity contribution in [3.63, 3.8) is 0 Å². The normalized spacial score (nSPS) is 13.3. The molecule has 2 aromatic carbocycles. The van der Waals surface area contributed by atoms with Crippen LogP contribution in [0.2, 0.25) is 0 Å². The summed E-state index contributed by atoms with van der Waals surface area (Å²) in [5.74, 6) is 1.44. The number of ether oxygens (including phenoxy) is 2. The van der Waals surface area contributed by atoms with Crippen molar-refractivity contribution in [1.29, 1.82) is 5.26 Å². The van der Waals surface area contributed by atoms with E-state index in [9.17, 15) is 5.26 Å². The van der Waals surface area contributed by atoms with Crippen molar-refractivity contribution in [2.75, 3.05) is 6.79 Å². The molecule has 0 spiro atoms. The van der Waals surface area contributed by atoms with E-state index in [1.54, 1.807) is 0 Å². The highest BCUT2D eigenvalue weighted by Crippen LogP contribution is 2.34. The molecule has 4 rings (SSSR count). The Labute approximate surface area is 130 Å². The zero-order chi connectivity index (χ0) is 14.9. The Hall–Kier alpha value is -2.84. The molecule has 0 radical (unpaired) electrons. The number of fused-ring (bicyclic) bond motifs is 2. The summed E-state index contributed by atoms with van der Waals surface area (Å²) in [5.41, 5.74) is 2.34. The van der Waals surface area contributed by atoms with Crippen LogP contribution >= 0.6 is 11.3 Å². The van der Waals surface area contributed by atoms with E-state index in [4.69, 9.17) is 9.47 Å². The zero-order valence-electron chi connectivity index (χ0n) is 11.4. The Morgan fingerprint density at radius 2 is 2.05 bits per heavy atom. The molecule has 106 valence electrons. The number of allylic oxidation sites excluding steroid dienone is 1. The fraction of sp³-hybridized carbons (Fsp3) is 0.0588. The van der Waals surface area contributed by atoms with Crippen LogP contribution in [0.5, 0.6) is 11.5 Å². The third-order valence-corrected chi connectivity index (χ3v) is 4.42. The first-order valence-corrected chi connectivity index (χ1v) is 7.52. The van der Waals surface area contributed by atoms with Crippen molar-refractivity contribution in [1.82, 2.24) is 4.98 Å². The fourth-order valence-corrected chi connectivity index (χ4v) is 3.23. The van der Waals surface area contributed by atoms with Crippen LogP contribution in [0.3, 0.4) is 0 Å². The Bertz CT molecular complexity index is 904. The van der Waals surface area contributed by atoms with Gasteiger partial charge in [-0.05, 0) is 35.9 Å². The topological polar surface area (TPSA) is 55.1 Å². The number of para-hydroxylation sites is 1. The van der Waals surface area contributed by atoms with Crippen LogP contribution in [0.1, 0.15) is 10.6 Å². The van der Waals surface area contributed by atoms with Gasteiger partial charge in [-0.25, -0.2) is 4.98 Å². The number of rotatable bonds is 2. The molecule has 1 aliphatic rings. The van der Waals surface area contributed by atoms with Crippen molar-refractivity contribution in [3.8, 4) is 17.6 Å². The van der Waals surface area contributed by atoms with Gasteiger partial charge in [-0.1, -0.05) is 18.2 Å². The van der Waals surface area contributed by atoms with Gasteiger partial charge in [0, 0.05) is 0 Å². The lowest BCUT2D eigenvalue weighted by atomic mass is 10.1. The van der Waals surface area contributed by atoms with Crippen molar-refractivity contribution < 1.29 is 9.47 Å². The lowest BCUT2D eigenvalue weighted by molar-refractivity contribution is 0.174. The third-order valence-electron chi connectivity index (χ3n) is 3.35. The van der Waals surface area contributed by atoms with Crippen LogP contribution in [-0.4, -0.2) is 11.8 Å². The number of hydrogen-bond acceptors (Lipinski definition) is 5. The quantitative estimate of drug-likeness (QED) is 0.669. The smallest absolute Gasteiger partial charge is 0.231 e. The monoisotopic (exact) mass is 306 g/mol. The lowest BCUT2D eigenvalue weighted by Crippen LogP contribution is -1.92. The molecule has 0 amide bonds. The average molecular weight is 306 g/mol. The van der Waals surface area contributed by atoms with E-state index in [-0.39, 0.29) is 6.79 Å². The maximum atomic E-state index is 9.45. The number of benzene rings is 2. The molecule has 3 aromatic rings. The van der Waals surface area contributed by atoms with Crippen LogP contribution in [0.15, 0.2) is 42.5 Å². The van der Waals surface area contributed by atoms with Crippen molar-refractivity contribution in [2.45, 2.75) is 0 Å². The summed E-state index contributed by atoms with van der Waals surface area (Å²) in [7, 11) is 0. The van der Waals surface area contributed by atoms with E-state index in [1.165, 1.54) is 11.3 Å². The van der Waals surface area contributed by atoms with Gasteiger partial charge in [-0.15, -0.1) is 11.3 Å². The largest absolute Gasteiger partial charge is 0.454 e. The summed E-state index contributed by atoms with van der Waals surface area (Å²) in [6.45, 7) is 0.242. The summed E-state index contributed by atoms with van der Waals surface area (Å²) in [5, 5.41) is 10.2. The lowest BCUT2D eigenvalue weighted by Gasteiger charge is -1.98. The molecular weight excluding hydrogens is 296 g/mol. The number of nitriles is 1. The highest BCUT2D eigenvalue weighted by atomic mass is 32.1. The van der Waals surface area contributed by atoms with Gasteiger partial charge in [0.2, 0.25) is 6.79 Å². The molecule has 0 saturated carbocycles. The van der Waals surface area contributed by atoms with E-state index in [0.717, 1.165) is 26.5 Å². The van der Waals surface area contributed by atoms with Gasteiger partial charge in [-0.3, -0.25) is 0 Å². The summed E-state index contributed by atoms with van der Waals surface area (Å²) < 4.78 is 11.7. The molecule has 0 bridgehead atoms. The van der Waals surface area contributed by atoms with Crippen molar-refractivity contribution >= 4 is 33.2 Å². The zero-order valence-corrected chi connectivity index (χ0v) is 12.3. The molecule has 0 fully saturated rings. The molecule has 0 N–H and O–H groups in total. The van der Waals surface area contributed by atoms with E-state index in [2.05, 4.69) is 11.1 Å². The first-order chi connectivity index (χ1) is 10.8. The molecule has 0 saturated heterocycles. The van der Waals surface area contributed by atoms with Gasteiger partial charge in [0.15, 0.2) is 11.5 Å². The summed E-state index contributed by atoms with van der Waals surface area (Å²) >= 11 is 1.52. The Morgan fingerprint density at radius 3 is 2.91 bits per heavy atom. The minimum atomic E-state index is 0.242. The highest BCUT2D eigenvalue weighted by Gasteiger charge is 2.14. The maximum absolute atomic E-state index is 9.45. The standard InChI is InChI=1S/C17H10N2O2S/c18-9-12(17-19-13-3-1-2-4-16(13)22-17)7-11-5-6-14-15(8-11)21-10-20-14/h1-8H,10H2/b12-7+. The SMILES string of the molecule is N#C/C(=C\c1ccc2c(c1)OCO2)c1nc2ccccc2s1. The maximum Gasteiger partial charge on any atom is 0.231 e. The van der Waals surface area contributed by atoms with Crippen LogP contribution < -0.4 is 9.47 Å². The van der Waals surface area contributed by atoms with Gasteiger partial charge in [0.05, 0.1) is 15.8 Å². The van der Waals surface area contributed by atoms with Crippen LogP contribution in [0.4, 0.5) is 0 Å². The van der Waals surface area contributed by atoms with Gasteiger partial charge < -0.3 is 9.47 Å². The summed E-state index contributed by atoms with van der Waals surface area (Å²) in [6.07, 6.45) is 1.82. The van der Waals surface area contributed by atoms with Gasteiger partial charge >= 0.3 is 0 Å². The van der Waals surface area contributed by atoms with E-state index in [1.807, 2.05) is 48.5 Å². The summed E-state index contributed by atoms with van der Waals surface area (Å²) in [6, 6.07) is 15.7. The van der Waals surface area contributed by atoms with E-state index < -0.39 is 0 Å². The number of aromatic nitrogens is 1. The van der Waals surface area contributed by atoms with Gasteiger partial charge in [0.1, 0.15) is 11.1 Å². The second kappa shape index (κ2) is 5.17. The van der Waals surface area contributed by atoms with E-state index >= 15 is 0 Å². The van der Waals surface area contributed by atoms with Gasteiger partial charge in [0.25, 0.3) is 0 Å². The summed E-state index contributed by atoms with van der Waals surface area (Å²) in [4.78, 5) is 4.52. The predicted molar refractivity (Wildman–Crippen MR) is 85.7 cm³/mol. The number of thiazole rings is 1. The Morgan fingerprint density at radius 1 is 1.18 bits per heavy atom. The molecule has 0 unspecified atom stereocenters. The Kier molecular flexibility index (Phi) is 3.02. The molecule has 0 atom stereocenters. The minimum absolute atomic E-state index is 0.242. The third kappa shape index (κ3) is 2.20. The minimum Gasteiger partial charge on any atom is -0.454 e. The Balaban J connectivity index is 1.76. The molecule has 2 heterocycles. The predicted octanol–water partition coefficient (Wildman–Crippen LogP) is 4.09. The molecule has 22 heavy (non-hydrogen) atoms. The molecule has 1 aliphatic heterocycles. The molecule has 0 aliphatic carbocycles. The van der Waals surface area contributed by atoms with Gasteiger partial charge in [-0.2, -0.15) is 5.26 Å². The first kappa shape index (κ1) is 12.9. The van der Waals surface area contributed by atoms with Crippen LogP contribution in [0, 0.1) is 11.3 Å². The first-order valence-electron chi connectivity index (χ1n) is 6.71. The second-order valence-electron chi connectivity index (χ2n) is 4.77. The van der Waals surface area contributed by atoms with Crippen molar-refractivity contribution in [2.24, 2.45) is 0 Å². The highest BCUT2D eigenvalue weighted by molar-refractivity contribution is 7.19.